The van der Waals surface area contributed by atoms with E-state index in [1.54, 1.807) is 0 Å². The summed E-state index contributed by atoms with van der Waals surface area (Å²) in [5.41, 5.74) is 0. The fourth-order valence-electron chi connectivity index (χ4n) is 3.11. The summed E-state index contributed by atoms with van der Waals surface area (Å²) < 4.78 is 0. The SMILES string of the molecule is CN1CCN(C)C(CNC(=O)N[C@H]2CC[C@@H](C(=O)O)C2)C1. The van der Waals surface area contributed by atoms with Crippen LogP contribution in [0, 0.1) is 5.92 Å². The third kappa shape index (κ3) is 4.57. The fraction of sp³-hybridized carbons (Fsp3) is 0.857. The van der Waals surface area contributed by atoms with Crippen molar-refractivity contribution in [2.24, 2.45) is 5.92 Å². The quantitative estimate of drug-likeness (QED) is 0.668. The molecular formula is C14H26N4O3. The average Bonchev–Trinajstić information content (AvgIpc) is 2.88. The third-order valence-corrected chi connectivity index (χ3v) is 4.60. The van der Waals surface area contributed by atoms with Gasteiger partial charge in [-0.3, -0.25) is 9.69 Å². The fourth-order valence-corrected chi connectivity index (χ4v) is 3.11. The van der Waals surface area contributed by atoms with Crippen molar-refractivity contribution in [3.05, 3.63) is 0 Å². The number of carboxylic acid groups (broad SMARTS) is 1. The lowest BCUT2D eigenvalue weighted by atomic mass is 10.1. The Bertz CT molecular complexity index is 390. The van der Waals surface area contributed by atoms with Crippen molar-refractivity contribution in [2.75, 3.05) is 40.3 Å². The summed E-state index contributed by atoms with van der Waals surface area (Å²) in [6.45, 7) is 3.62. The van der Waals surface area contributed by atoms with Crippen LogP contribution in [-0.2, 0) is 4.79 Å². The van der Waals surface area contributed by atoms with Crippen LogP contribution in [0.3, 0.4) is 0 Å². The van der Waals surface area contributed by atoms with Crippen LogP contribution in [0.15, 0.2) is 0 Å². The number of hydrogen-bond acceptors (Lipinski definition) is 4. The predicted octanol–water partition coefficient (Wildman–Crippen LogP) is -0.215. The Morgan fingerprint density at radius 2 is 2.00 bits per heavy atom. The van der Waals surface area contributed by atoms with Crippen LogP contribution in [-0.4, -0.2) is 79.3 Å². The number of carbonyl (C=O) groups excluding carboxylic acids is 1. The smallest absolute Gasteiger partial charge is 0.315 e. The minimum absolute atomic E-state index is 0.0159. The first-order valence-electron chi connectivity index (χ1n) is 7.61. The van der Waals surface area contributed by atoms with E-state index in [9.17, 15) is 9.59 Å². The number of urea groups is 1. The van der Waals surface area contributed by atoms with E-state index >= 15 is 0 Å². The molecule has 0 aromatic carbocycles. The molecule has 2 aliphatic rings. The number of likely N-dealkylation sites (N-methyl/N-ethyl adjacent to an activating group) is 2. The minimum Gasteiger partial charge on any atom is -0.481 e. The van der Waals surface area contributed by atoms with Crippen molar-refractivity contribution < 1.29 is 14.7 Å². The number of carboxylic acids is 1. The molecule has 0 spiro atoms. The minimum atomic E-state index is -0.758. The standard InChI is InChI=1S/C14H26N4O3/c1-17-5-6-18(2)12(9-17)8-15-14(21)16-11-4-3-10(7-11)13(19)20/h10-12H,3-9H2,1-2H3,(H,19,20)(H2,15,16,21)/t10-,11+,12?/m1/s1. The van der Waals surface area contributed by atoms with E-state index in [-0.39, 0.29) is 18.0 Å². The Morgan fingerprint density at radius 1 is 1.24 bits per heavy atom. The number of amides is 2. The monoisotopic (exact) mass is 298 g/mol. The number of carbonyl (C=O) groups is 2. The normalized spacial score (nSPS) is 31.0. The van der Waals surface area contributed by atoms with Crippen molar-refractivity contribution in [2.45, 2.75) is 31.3 Å². The molecule has 3 N–H and O–H groups in total. The van der Waals surface area contributed by atoms with Crippen LogP contribution in [0.4, 0.5) is 4.79 Å². The number of aliphatic carboxylic acids is 1. The van der Waals surface area contributed by atoms with Gasteiger partial charge in [-0.05, 0) is 33.4 Å². The molecule has 3 atom stereocenters. The lowest BCUT2D eigenvalue weighted by Gasteiger charge is -2.37. The molecular weight excluding hydrogens is 272 g/mol. The van der Waals surface area contributed by atoms with Crippen LogP contribution < -0.4 is 10.6 Å². The molecule has 0 aromatic heterocycles. The first kappa shape index (κ1) is 16.0. The first-order valence-corrected chi connectivity index (χ1v) is 7.61. The van der Waals surface area contributed by atoms with Crippen LogP contribution in [0.25, 0.3) is 0 Å². The van der Waals surface area contributed by atoms with Crippen LogP contribution in [0.5, 0.6) is 0 Å². The summed E-state index contributed by atoms with van der Waals surface area (Å²) in [6, 6.07) is 0.121. The second kappa shape index (κ2) is 7.09. The Balaban J connectivity index is 1.69. The van der Waals surface area contributed by atoms with Gasteiger partial charge in [0.15, 0.2) is 0 Å². The topological polar surface area (TPSA) is 84.9 Å². The van der Waals surface area contributed by atoms with Crippen molar-refractivity contribution in [3.8, 4) is 0 Å². The van der Waals surface area contributed by atoms with E-state index in [1.165, 1.54) is 0 Å². The maximum Gasteiger partial charge on any atom is 0.315 e. The highest BCUT2D eigenvalue weighted by Gasteiger charge is 2.30. The summed E-state index contributed by atoms with van der Waals surface area (Å²) >= 11 is 0. The second-order valence-electron chi connectivity index (χ2n) is 6.30. The van der Waals surface area contributed by atoms with E-state index in [1.807, 2.05) is 0 Å². The molecule has 1 unspecified atom stereocenters. The van der Waals surface area contributed by atoms with Gasteiger partial charge >= 0.3 is 12.0 Å². The van der Waals surface area contributed by atoms with Gasteiger partial charge in [0, 0.05) is 38.3 Å². The highest BCUT2D eigenvalue weighted by atomic mass is 16.4. The molecule has 1 heterocycles. The molecule has 0 radical (unpaired) electrons. The van der Waals surface area contributed by atoms with E-state index in [2.05, 4.69) is 34.5 Å². The summed E-state index contributed by atoms with van der Waals surface area (Å²) in [5.74, 6) is -1.07. The first-order chi connectivity index (χ1) is 9.95. The molecule has 2 fully saturated rings. The van der Waals surface area contributed by atoms with Gasteiger partial charge in [-0.15, -0.1) is 0 Å². The van der Waals surface area contributed by atoms with Crippen molar-refractivity contribution >= 4 is 12.0 Å². The predicted molar refractivity (Wildman–Crippen MR) is 79.2 cm³/mol. The van der Waals surface area contributed by atoms with Gasteiger partial charge in [0.25, 0.3) is 0 Å². The molecule has 7 nitrogen and oxygen atoms in total. The molecule has 2 rings (SSSR count). The van der Waals surface area contributed by atoms with Crippen LogP contribution in [0.1, 0.15) is 19.3 Å². The molecule has 1 aliphatic heterocycles. The summed E-state index contributed by atoms with van der Waals surface area (Å²) in [5, 5.41) is 14.7. The van der Waals surface area contributed by atoms with Gasteiger partial charge in [-0.2, -0.15) is 0 Å². The molecule has 1 saturated carbocycles. The van der Waals surface area contributed by atoms with Crippen LogP contribution in [0.2, 0.25) is 0 Å². The molecule has 0 aromatic rings. The summed E-state index contributed by atoms with van der Waals surface area (Å²) in [4.78, 5) is 27.3. The average molecular weight is 298 g/mol. The van der Waals surface area contributed by atoms with Crippen molar-refractivity contribution in [1.29, 1.82) is 0 Å². The van der Waals surface area contributed by atoms with E-state index in [0.717, 1.165) is 26.1 Å². The van der Waals surface area contributed by atoms with E-state index in [0.29, 0.717) is 25.4 Å². The number of nitrogens with one attached hydrogen (secondary N) is 2. The van der Waals surface area contributed by atoms with E-state index in [4.69, 9.17) is 5.11 Å². The van der Waals surface area contributed by atoms with Gasteiger partial charge in [-0.25, -0.2) is 4.79 Å². The Kier molecular flexibility index (Phi) is 5.41. The third-order valence-electron chi connectivity index (χ3n) is 4.60. The Morgan fingerprint density at radius 3 is 2.67 bits per heavy atom. The van der Waals surface area contributed by atoms with Crippen LogP contribution >= 0.6 is 0 Å². The van der Waals surface area contributed by atoms with Crippen molar-refractivity contribution in [1.82, 2.24) is 20.4 Å². The molecule has 1 aliphatic carbocycles. The van der Waals surface area contributed by atoms with Gasteiger partial charge in [0.05, 0.1) is 5.92 Å². The zero-order chi connectivity index (χ0) is 15.4. The lowest BCUT2D eigenvalue weighted by molar-refractivity contribution is -0.141. The summed E-state index contributed by atoms with van der Waals surface area (Å²) in [7, 11) is 4.16. The van der Waals surface area contributed by atoms with Gasteiger partial charge in [0.1, 0.15) is 0 Å². The lowest BCUT2D eigenvalue weighted by Crippen LogP contribution is -2.55. The van der Waals surface area contributed by atoms with Gasteiger partial charge in [-0.1, -0.05) is 0 Å². The number of hydrogen-bond donors (Lipinski definition) is 3. The second-order valence-corrected chi connectivity index (χ2v) is 6.30. The van der Waals surface area contributed by atoms with Gasteiger partial charge < -0.3 is 20.6 Å². The number of piperazine rings is 1. The zero-order valence-electron chi connectivity index (χ0n) is 12.8. The molecule has 120 valence electrons. The van der Waals surface area contributed by atoms with Gasteiger partial charge in [0.2, 0.25) is 0 Å². The largest absolute Gasteiger partial charge is 0.481 e. The molecule has 1 saturated heterocycles. The highest BCUT2D eigenvalue weighted by molar-refractivity contribution is 5.75. The summed E-state index contributed by atoms with van der Waals surface area (Å²) in [6.07, 6.45) is 1.93. The zero-order valence-corrected chi connectivity index (χ0v) is 12.8. The highest BCUT2D eigenvalue weighted by Crippen LogP contribution is 2.25. The molecule has 0 bridgehead atoms. The number of rotatable bonds is 4. The maximum absolute atomic E-state index is 11.9. The number of nitrogens with zero attached hydrogens (tertiary/aromatic N) is 2. The molecule has 2 amide bonds. The Hall–Kier alpha value is -1.34. The van der Waals surface area contributed by atoms with Crippen molar-refractivity contribution in [3.63, 3.8) is 0 Å². The van der Waals surface area contributed by atoms with E-state index < -0.39 is 5.97 Å². The Labute approximate surface area is 125 Å². The molecule has 21 heavy (non-hydrogen) atoms. The molecule has 7 heteroatoms. The maximum atomic E-state index is 11.9.